The van der Waals surface area contributed by atoms with Crippen molar-refractivity contribution in [2.75, 3.05) is 6.61 Å². The van der Waals surface area contributed by atoms with Crippen molar-refractivity contribution < 1.29 is 9.84 Å². The predicted molar refractivity (Wildman–Crippen MR) is 73.9 cm³/mol. The number of aromatic amines is 1. The molecule has 5 heteroatoms. The fourth-order valence-corrected chi connectivity index (χ4v) is 2.67. The number of hydrogen-bond acceptors (Lipinski definition) is 4. The van der Waals surface area contributed by atoms with Crippen LogP contribution in [0.15, 0.2) is 36.8 Å². The van der Waals surface area contributed by atoms with Gasteiger partial charge in [-0.3, -0.25) is 10.1 Å². The highest BCUT2D eigenvalue weighted by molar-refractivity contribution is 5.84. The number of nitrogens with one attached hydrogen (secondary N) is 1. The standard InChI is InChI=1S/C15H13N3O2/c19-15-8-20-7-13-11(5-16-6-12(13)15)9-1-2-10-4-17-18-14(10)3-9/h1-6,15,19H,7-8H2,(H,17,18). The number of aliphatic hydroxyl groups is 1. The van der Waals surface area contributed by atoms with Crippen molar-refractivity contribution in [3.8, 4) is 11.1 Å². The van der Waals surface area contributed by atoms with Crippen LogP contribution in [-0.4, -0.2) is 26.9 Å². The second-order valence-corrected chi connectivity index (χ2v) is 4.96. The first-order chi connectivity index (χ1) is 9.83. The number of ether oxygens (including phenoxy) is 1. The maximum absolute atomic E-state index is 9.99. The van der Waals surface area contributed by atoms with Crippen LogP contribution in [0.25, 0.3) is 22.0 Å². The Morgan fingerprint density at radius 3 is 3.15 bits per heavy atom. The molecule has 0 aliphatic carbocycles. The second kappa shape index (κ2) is 4.40. The van der Waals surface area contributed by atoms with E-state index < -0.39 is 6.10 Å². The third kappa shape index (κ3) is 1.71. The Kier molecular flexibility index (Phi) is 2.55. The molecule has 0 saturated carbocycles. The summed E-state index contributed by atoms with van der Waals surface area (Å²) in [5.41, 5.74) is 4.90. The number of H-pyrrole nitrogens is 1. The topological polar surface area (TPSA) is 71.0 Å². The Balaban J connectivity index is 1.91. The van der Waals surface area contributed by atoms with E-state index in [9.17, 15) is 5.11 Å². The van der Waals surface area contributed by atoms with Crippen molar-refractivity contribution >= 4 is 10.9 Å². The summed E-state index contributed by atoms with van der Waals surface area (Å²) in [7, 11) is 0. The third-order valence-electron chi connectivity index (χ3n) is 3.72. The molecule has 1 unspecified atom stereocenters. The maximum atomic E-state index is 9.99. The fraction of sp³-hybridized carbons (Fsp3) is 0.200. The zero-order valence-electron chi connectivity index (χ0n) is 10.7. The van der Waals surface area contributed by atoms with E-state index in [1.165, 1.54) is 0 Å². The summed E-state index contributed by atoms with van der Waals surface area (Å²) in [6.45, 7) is 0.836. The zero-order valence-corrected chi connectivity index (χ0v) is 10.7. The highest BCUT2D eigenvalue weighted by Gasteiger charge is 2.22. The first kappa shape index (κ1) is 11.6. The molecule has 2 aromatic heterocycles. The Labute approximate surface area is 115 Å². The number of nitrogens with zero attached hydrogens (tertiary/aromatic N) is 2. The number of benzene rings is 1. The highest BCUT2D eigenvalue weighted by Crippen LogP contribution is 2.33. The predicted octanol–water partition coefficient (Wildman–Crippen LogP) is 2.19. The van der Waals surface area contributed by atoms with Gasteiger partial charge in [-0.05, 0) is 17.2 Å². The molecule has 0 spiro atoms. The van der Waals surface area contributed by atoms with E-state index >= 15 is 0 Å². The molecule has 0 amide bonds. The van der Waals surface area contributed by atoms with Gasteiger partial charge in [0, 0.05) is 28.9 Å². The van der Waals surface area contributed by atoms with Crippen LogP contribution in [0.2, 0.25) is 0 Å². The largest absolute Gasteiger partial charge is 0.386 e. The van der Waals surface area contributed by atoms with Gasteiger partial charge in [0.05, 0.1) is 24.9 Å². The van der Waals surface area contributed by atoms with Gasteiger partial charge in [-0.15, -0.1) is 0 Å². The summed E-state index contributed by atoms with van der Waals surface area (Å²) in [4.78, 5) is 4.25. The summed E-state index contributed by atoms with van der Waals surface area (Å²) < 4.78 is 5.44. The molecule has 0 radical (unpaired) electrons. The minimum absolute atomic E-state index is 0.331. The Morgan fingerprint density at radius 1 is 1.25 bits per heavy atom. The molecule has 0 saturated heterocycles. The SMILES string of the molecule is OC1COCc2c(-c3ccc4cn[nH]c4c3)cncc21. The van der Waals surface area contributed by atoms with E-state index in [1.54, 1.807) is 12.4 Å². The van der Waals surface area contributed by atoms with Crippen LogP contribution in [0.1, 0.15) is 17.2 Å². The molecule has 0 fully saturated rings. The average Bonchev–Trinajstić information content (AvgIpc) is 2.94. The van der Waals surface area contributed by atoms with E-state index in [2.05, 4.69) is 15.2 Å². The molecule has 1 atom stereocenters. The first-order valence-electron chi connectivity index (χ1n) is 6.49. The molecule has 100 valence electrons. The van der Waals surface area contributed by atoms with Crippen LogP contribution < -0.4 is 0 Å². The summed E-state index contributed by atoms with van der Waals surface area (Å²) in [6.07, 6.45) is 4.74. The summed E-state index contributed by atoms with van der Waals surface area (Å²) in [5, 5.41) is 18.1. The Morgan fingerprint density at radius 2 is 2.20 bits per heavy atom. The molecule has 0 bridgehead atoms. The summed E-state index contributed by atoms with van der Waals surface area (Å²) >= 11 is 0. The molecule has 3 heterocycles. The average molecular weight is 267 g/mol. The normalized spacial score (nSPS) is 18.1. The van der Waals surface area contributed by atoms with Crippen LogP contribution in [0.4, 0.5) is 0 Å². The minimum Gasteiger partial charge on any atom is -0.386 e. The molecule has 1 aliphatic rings. The Bertz CT molecular complexity index is 782. The number of hydrogen-bond donors (Lipinski definition) is 2. The van der Waals surface area contributed by atoms with E-state index in [4.69, 9.17) is 4.74 Å². The lowest BCUT2D eigenvalue weighted by Crippen LogP contribution is -2.17. The van der Waals surface area contributed by atoms with Crippen molar-refractivity contribution in [3.63, 3.8) is 0 Å². The molecule has 1 aliphatic heterocycles. The fourth-order valence-electron chi connectivity index (χ4n) is 2.67. The first-order valence-corrected chi connectivity index (χ1v) is 6.49. The molecule has 20 heavy (non-hydrogen) atoms. The van der Waals surface area contributed by atoms with E-state index in [0.717, 1.165) is 33.2 Å². The lowest BCUT2D eigenvalue weighted by molar-refractivity contribution is 0.00981. The number of pyridine rings is 1. The second-order valence-electron chi connectivity index (χ2n) is 4.96. The van der Waals surface area contributed by atoms with E-state index in [1.807, 2.05) is 24.4 Å². The number of aromatic nitrogens is 3. The van der Waals surface area contributed by atoms with Crippen LogP contribution in [0.3, 0.4) is 0 Å². The van der Waals surface area contributed by atoms with Crippen LogP contribution in [-0.2, 0) is 11.3 Å². The van der Waals surface area contributed by atoms with E-state index in [-0.39, 0.29) is 0 Å². The van der Waals surface area contributed by atoms with Crippen molar-refractivity contribution in [2.45, 2.75) is 12.7 Å². The van der Waals surface area contributed by atoms with Crippen molar-refractivity contribution in [2.24, 2.45) is 0 Å². The van der Waals surface area contributed by atoms with Gasteiger partial charge in [-0.25, -0.2) is 0 Å². The quantitative estimate of drug-likeness (QED) is 0.709. The van der Waals surface area contributed by atoms with E-state index in [0.29, 0.717) is 13.2 Å². The lowest BCUT2D eigenvalue weighted by atomic mass is 9.94. The number of aliphatic hydroxyl groups excluding tert-OH is 1. The molecule has 5 nitrogen and oxygen atoms in total. The maximum Gasteiger partial charge on any atom is 0.104 e. The smallest absolute Gasteiger partial charge is 0.104 e. The van der Waals surface area contributed by atoms with Crippen LogP contribution in [0.5, 0.6) is 0 Å². The Hall–Kier alpha value is -2.24. The monoisotopic (exact) mass is 267 g/mol. The third-order valence-corrected chi connectivity index (χ3v) is 3.72. The molecular formula is C15H13N3O2. The summed E-state index contributed by atoms with van der Waals surface area (Å²) in [6, 6.07) is 6.10. The van der Waals surface area contributed by atoms with Crippen molar-refractivity contribution in [1.29, 1.82) is 0 Å². The molecule has 4 rings (SSSR count). The van der Waals surface area contributed by atoms with Gasteiger partial charge in [0.25, 0.3) is 0 Å². The summed E-state index contributed by atoms with van der Waals surface area (Å²) in [5.74, 6) is 0. The lowest BCUT2D eigenvalue weighted by Gasteiger charge is -2.23. The van der Waals surface area contributed by atoms with Gasteiger partial charge in [0.15, 0.2) is 0 Å². The van der Waals surface area contributed by atoms with Crippen LogP contribution in [0, 0.1) is 0 Å². The van der Waals surface area contributed by atoms with Gasteiger partial charge < -0.3 is 9.84 Å². The zero-order chi connectivity index (χ0) is 13.5. The van der Waals surface area contributed by atoms with Gasteiger partial charge in [-0.2, -0.15) is 5.10 Å². The minimum atomic E-state index is -0.595. The van der Waals surface area contributed by atoms with Crippen LogP contribution >= 0.6 is 0 Å². The number of rotatable bonds is 1. The molecule has 1 aromatic carbocycles. The van der Waals surface area contributed by atoms with Gasteiger partial charge >= 0.3 is 0 Å². The molecule has 2 N–H and O–H groups in total. The molecule has 3 aromatic rings. The van der Waals surface area contributed by atoms with Crippen molar-refractivity contribution in [1.82, 2.24) is 15.2 Å². The molecular weight excluding hydrogens is 254 g/mol. The van der Waals surface area contributed by atoms with Crippen molar-refractivity contribution in [3.05, 3.63) is 47.9 Å². The highest BCUT2D eigenvalue weighted by atomic mass is 16.5. The van der Waals surface area contributed by atoms with Gasteiger partial charge in [0.2, 0.25) is 0 Å². The van der Waals surface area contributed by atoms with Gasteiger partial charge in [-0.1, -0.05) is 12.1 Å². The van der Waals surface area contributed by atoms with Gasteiger partial charge in [0.1, 0.15) is 6.10 Å². The number of fused-ring (bicyclic) bond motifs is 2.